The predicted molar refractivity (Wildman–Crippen MR) is 60.9 cm³/mol. The van der Waals surface area contributed by atoms with Crippen LogP contribution in [0.1, 0.15) is 31.6 Å². The maximum absolute atomic E-state index is 11.9. The van der Waals surface area contributed by atoms with Crippen molar-refractivity contribution >= 4 is 5.91 Å². The zero-order chi connectivity index (χ0) is 11.4. The number of piperidine rings is 1. The molecule has 16 heavy (non-hydrogen) atoms. The summed E-state index contributed by atoms with van der Waals surface area (Å²) in [5.41, 5.74) is 0. The summed E-state index contributed by atoms with van der Waals surface area (Å²) in [5, 5.41) is 6.22. The maximum Gasteiger partial charge on any atom is 0.224 e. The second-order valence-corrected chi connectivity index (χ2v) is 4.29. The lowest BCUT2D eigenvalue weighted by Crippen LogP contribution is -2.41. The second-order valence-electron chi connectivity index (χ2n) is 4.29. The van der Waals surface area contributed by atoms with Crippen molar-refractivity contribution in [2.75, 3.05) is 13.1 Å². The lowest BCUT2D eigenvalue weighted by Gasteiger charge is -2.23. The number of hydrogen-bond donors (Lipinski definition) is 2. The molecule has 1 saturated heterocycles. The van der Waals surface area contributed by atoms with Crippen LogP contribution in [0, 0.1) is 5.92 Å². The molecular weight excluding hydrogens is 204 g/mol. The third-order valence-electron chi connectivity index (χ3n) is 3.00. The van der Waals surface area contributed by atoms with Crippen molar-refractivity contribution in [1.29, 1.82) is 0 Å². The van der Waals surface area contributed by atoms with Gasteiger partial charge in [-0.05, 0) is 38.4 Å². The summed E-state index contributed by atoms with van der Waals surface area (Å²) >= 11 is 0. The summed E-state index contributed by atoms with van der Waals surface area (Å²) in [6, 6.07) is 3.66. The van der Waals surface area contributed by atoms with Gasteiger partial charge in [0, 0.05) is 6.54 Å². The Morgan fingerprint density at radius 1 is 1.69 bits per heavy atom. The summed E-state index contributed by atoms with van der Waals surface area (Å²) in [6.45, 7) is 3.75. The van der Waals surface area contributed by atoms with Gasteiger partial charge >= 0.3 is 0 Å². The van der Waals surface area contributed by atoms with Crippen LogP contribution in [-0.2, 0) is 4.79 Å². The molecule has 1 aromatic rings. The minimum Gasteiger partial charge on any atom is -0.467 e. The van der Waals surface area contributed by atoms with Crippen molar-refractivity contribution in [3.63, 3.8) is 0 Å². The van der Waals surface area contributed by atoms with Crippen LogP contribution in [0.3, 0.4) is 0 Å². The number of rotatable bonds is 3. The van der Waals surface area contributed by atoms with E-state index in [0.29, 0.717) is 0 Å². The van der Waals surface area contributed by atoms with Gasteiger partial charge in [-0.1, -0.05) is 0 Å². The van der Waals surface area contributed by atoms with Gasteiger partial charge in [0.05, 0.1) is 18.2 Å². The van der Waals surface area contributed by atoms with Gasteiger partial charge in [-0.3, -0.25) is 4.79 Å². The van der Waals surface area contributed by atoms with Gasteiger partial charge in [-0.25, -0.2) is 0 Å². The van der Waals surface area contributed by atoms with Gasteiger partial charge in [0.25, 0.3) is 0 Å². The molecule has 4 heteroatoms. The molecule has 2 rings (SSSR count). The third kappa shape index (κ3) is 2.64. The Bertz CT molecular complexity index is 329. The minimum atomic E-state index is -0.0515. The molecule has 1 fully saturated rings. The van der Waals surface area contributed by atoms with E-state index in [9.17, 15) is 4.79 Å². The molecule has 0 saturated carbocycles. The summed E-state index contributed by atoms with van der Waals surface area (Å²) in [7, 11) is 0. The SMILES string of the molecule is CC(NC(=O)[C@@H]1CCCNC1)c1ccco1. The van der Waals surface area contributed by atoms with Crippen molar-refractivity contribution in [2.24, 2.45) is 5.92 Å². The fourth-order valence-electron chi connectivity index (χ4n) is 2.02. The Labute approximate surface area is 95.4 Å². The van der Waals surface area contributed by atoms with Crippen LogP contribution in [-0.4, -0.2) is 19.0 Å². The molecule has 0 bridgehead atoms. The van der Waals surface area contributed by atoms with Crippen LogP contribution in [0.25, 0.3) is 0 Å². The number of nitrogens with one attached hydrogen (secondary N) is 2. The Morgan fingerprint density at radius 2 is 2.56 bits per heavy atom. The Balaban J connectivity index is 1.86. The molecule has 0 radical (unpaired) electrons. The van der Waals surface area contributed by atoms with Crippen molar-refractivity contribution in [2.45, 2.75) is 25.8 Å². The molecule has 88 valence electrons. The molecule has 2 N–H and O–H groups in total. The first-order valence-corrected chi connectivity index (χ1v) is 5.82. The lowest BCUT2D eigenvalue weighted by molar-refractivity contribution is -0.126. The average molecular weight is 222 g/mol. The fraction of sp³-hybridized carbons (Fsp3) is 0.583. The highest BCUT2D eigenvalue weighted by Crippen LogP contribution is 2.15. The molecule has 0 aromatic carbocycles. The molecule has 2 atom stereocenters. The topological polar surface area (TPSA) is 54.3 Å². The Hall–Kier alpha value is -1.29. The fourth-order valence-corrected chi connectivity index (χ4v) is 2.02. The van der Waals surface area contributed by atoms with Crippen molar-refractivity contribution in [3.8, 4) is 0 Å². The van der Waals surface area contributed by atoms with E-state index < -0.39 is 0 Å². The number of carbonyl (C=O) groups excluding carboxylic acids is 1. The predicted octanol–water partition coefficient (Wildman–Crippen LogP) is 1.46. The summed E-state index contributed by atoms with van der Waals surface area (Å²) in [5.74, 6) is 1.03. The molecule has 0 spiro atoms. The van der Waals surface area contributed by atoms with E-state index in [1.54, 1.807) is 6.26 Å². The van der Waals surface area contributed by atoms with E-state index >= 15 is 0 Å². The van der Waals surface area contributed by atoms with Gasteiger partial charge < -0.3 is 15.1 Å². The van der Waals surface area contributed by atoms with Gasteiger partial charge in [0.15, 0.2) is 0 Å². The van der Waals surface area contributed by atoms with Crippen molar-refractivity contribution in [3.05, 3.63) is 24.2 Å². The van der Waals surface area contributed by atoms with E-state index in [1.165, 1.54) is 0 Å². The van der Waals surface area contributed by atoms with Gasteiger partial charge in [0.1, 0.15) is 5.76 Å². The quantitative estimate of drug-likeness (QED) is 0.814. The smallest absolute Gasteiger partial charge is 0.224 e. The zero-order valence-electron chi connectivity index (χ0n) is 9.53. The minimum absolute atomic E-state index is 0.0515. The molecular formula is C12H18N2O2. The van der Waals surface area contributed by atoms with E-state index in [4.69, 9.17) is 4.42 Å². The number of furan rings is 1. The highest BCUT2D eigenvalue weighted by molar-refractivity contribution is 5.79. The highest BCUT2D eigenvalue weighted by Gasteiger charge is 2.22. The lowest BCUT2D eigenvalue weighted by atomic mass is 9.98. The van der Waals surface area contributed by atoms with Crippen LogP contribution in [0.2, 0.25) is 0 Å². The van der Waals surface area contributed by atoms with E-state index in [0.717, 1.165) is 31.7 Å². The van der Waals surface area contributed by atoms with Gasteiger partial charge in [0.2, 0.25) is 5.91 Å². The number of hydrogen-bond acceptors (Lipinski definition) is 3. The van der Waals surface area contributed by atoms with E-state index in [1.807, 2.05) is 19.1 Å². The van der Waals surface area contributed by atoms with Gasteiger partial charge in [-0.2, -0.15) is 0 Å². The standard InChI is InChI=1S/C12H18N2O2/c1-9(11-5-3-7-16-11)14-12(15)10-4-2-6-13-8-10/h3,5,7,9-10,13H,2,4,6,8H2,1H3,(H,14,15)/t9?,10-/m1/s1. The monoisotopic (exact) mass is 222 g/mol. The van der Waals surface area contributed by atoms with Crippen LogP contribution < -0.4 is 10.6 Å². The molecule has 0 aliphatic carbocycles. The first-order valence-electron chi connectivity index (χ1n) is 5.82. The third-order valence-corrected chi connectivity index (χ3v) is 3.00. The molecule has 4 nitrogen and oxygen atoms in total. The molecule has 1 unspecified atom stereocenters. The zero-order valence-corrected chi connectivity index (χ0v) is 9.53. The normalized spacial score (nSPS) is 22.7. The molecule has 1 aliphatic heterocycles. The van der Waals surface area contributed by atoms with Crippen molar-refractivity contribution < 1.29 is 9.21 Å². The summed E-state index contributed by atoms with van der Waals surface area (Å²) in [6.07, 6.45) is 3.68. The first kappa shape index (κ1) is 11.2. The largest absolute Gasteiger partial charge is 0.467 e. The second kappa shape index (κ2) is 5.16. The number of carbonyl (C=O) groups is 1. The molecule has 1 amide bonds. The molecule has 1 aliphatic rings. The van der Waals surface area contributed by atoms with Crippen LogP contribution in [0.5, 0.6) is 0 Å². The van der Waals surface area contributed by atoms with Crippen LogP contribution in [0.4, 0.5) is 0 Å². The number of amides is 1. The maximum atomic E-state index is 11.9. The molecule has 2 heterocycles. The Kier molecular flexibility index (Phi) is 3.62. The molecule has 1 aromatic heterocycles. The average Bonchev–Trinajstić information content (AvgIpc) is 2.83. The van der Waals surface area contributed by atoms with Gasteiger partial charge in [-0.15, -0.1) is 0 Å². The summed E-state index contributed by atoms with van der Waals surface area (Å²) < 4.78 is 5.25. The van der Waals surface area contributed by atoms with Crippen LogP contribution in [0.15, 0.2) is 22.8 Å². The highest BCUT2D eigenvalue weighted by atomic mass is 16.3. The van der Waals surface area contributed by atoms with Crippen molar-refractivity contribution in [1.82, 2.24) is 10.6 Å². The van der Waals surface area contributed by atoms with Crippen LogP contribution >= 0.6 is 0 Å². The summed E-state index contributed by atoms with van der Waals surface area (Å²) in [4.78, 5) is 11.9. The first-order chi connectivity index (χ1) is 7.77. The van der Waals surface area contributed by atoms with E-state index in [-0.39, 0.29) is 17.9 Å². The van der Waals surface area contributed by atoms with E-state index in [2.05, 4.69) is 10.6 Å². The Morgan fingerprint density at radius 3 is 3.19 bits per heavy atom.